The molecular formula is C15H17ClN2. The quantitative estimate of drug-likeness (QED) is 0.665. The van der Waals surface area contributed by atoms with Crippen LogP contribution in [0.2, 0.25) is 0 Å². The number of halogens is 1. The Kier molecular flexibility index (Phi) is 5.40. The molecule has 1 heterocycles. The minimum absolute atomic E-state index is 0. The van der Waals surface area contributed by atoms with Crippen LogP contribution in [0.25, 0.3) is 12.2 Å². The first-order valence-corrected chi connectivity index (χ1v) is 5.69. The number of hydrogen-bond donors (Lipinski definition) is 0. The molecule has 0 amide bonds. The van der Waals surface area contributed by atoms with E-state index in [4.69, 9.17) is 0 Å². The summed E-state index contributed by atoms with van der Waals surface area (Å²) in [5, 5.41) is 2.05. The highest BCUT2D eigenvalue weighted by Gasteiger charge is 2.07. The lowest BCUT2D eigenvalue weighted by atomic mass is 10.2. The molecule has 18 heavy (non-hydrogen) atoms. The maximum absolute atomic E-state index is 2.12. The lowest BCUT2D eigenvalue weighted by molar-refractivity contribution is -0.689. The van der Waals surface area contributed by atoms with Gasteiger partial charge in [-0.05, 0) is 17.7 Å². The van der Waals surface area contributed by atoms with E-state index in [0.29, 0.717) is 0 Å². The molecule has 0 aliphatic carbocycles. The molecule has 0 saturated carbocycles. The van der Waals surface area contributed by atoms with Crippen LogP contribution < -0.4 is 22.1 Å². The largest absolute Gasteiger partial charge is 1.00 e. The number of benzene rings is 1. The van der Waals surface area contributed by atoms with Gasteiger partial charge in [0.2, 0.25) is 5.69 Å². The Morgan fingerprint density at radius 2 is 1.56 bits per heavy atom. The smallest absolute Gasteiger partial charge is 0.235 e. The maximum atomic E-state index is 2.12. The second-order valence-electron chi connectivity index (χ2n) is 4.06. The van der Waals surface area contributed by atoms with Gasteiger partial charge in [0, 0.05) is 18.2 Å². The fourth-order valence-corrected chi connectivity index (χ4v) is 1.69. The van der Waals surface area contributed by atoms with Crippen molar-refractivity contribution in [3.8, 4) is 0 Å². The van der Waals surface area contributed by atoms with Crippen LogP contribution in [-0.2, 0) is 0 Å². The normalized spacial score (nSPS) is 10.1. The van der Waals surface area contributed by atoms with E-state index in [9.17, 15) is 0 Å². The lowest BCUT2D eigenvalue weighted by Gasteiger charge is -2.06. The monoisotopic (exact) mass is 260 g/mol. The van der Waals surface area contributed by atoms with E-state index in [1.807, 2.05) is 55.6 Å². The summed E-state index contributed by atoms with van der Waals surface area (Å²) >= 11 is 0. The third-order valence-corrected chi connectivity index (χ3v) is 2.55. The Morgan fingerprint density at radius 1 is 0.889 bits per heavy atom. The first-order valence-electron chi connectivity index (χ1n) is 5.69. The topological polar surface area (TPSA) is 7.12 Å². The van der Waals surface area contributed by atoms with Crippen LogP contribution in [0.5, 0.6) is 0 Å². The predicted octanol–water partition coefficient (Wildman–Crippen LogP) is -0.654. The molecule has 0 radical (unpaired) electrons. The summed E-state index contributed by atoms with van der Waals surface area (Å²) < 4.78 is 2.10. The van der Waals surface area contributed by atoms with Gasteiger partial charge in [-0.2, -0.15) is 5.01 Å². The zero-order valence-corrected chi connectivity index (χ0v) is 11.4. The third-order valence-electron chi connectivity index (χ3n) is 2.55. The average Bonchev–Trinajstić information content (AvgIpc) is 2.38. The second kappa shape index (κ2) is 6.82. The van der Waals surface area contributed by atoms with Crippen LogP contribution in [0, 0.1) is 0 Å². The van der Waals surface area contributed by atoms with Gasteiger partial charge >= 0.3 is 0 Å². The molecule has 2 rings (SSSR count). The molecule has 1 aromatic carbocycles. The van der Waals surface area contributed by atoms with Crippen molar-refractivity contribution >= 4 is 12.2 Å². The van der Waals surface area contributed by atoms with Gasteiger partial charge in [-0.3, -0.25) is 0 Å². The molecule has 0 aliphatic heterocycles. The minimum atomic E-state index is 0. The first kappa shape index (κ1) is 14.3. The van der Waals surface area contributed by atoms with Crippen molar-refractivity contribution in [1.82, 2.24) is 0 Å². The summed E-state index contributed by atoms with van der Waals surface area (Å²) in [6, 6.07) is 16.5. The lowest BCUT2D eigenvalue weighted by Crippen LogP contribution is -3.00. The predicted molar refractivity (Wildman–Crippen MR) is 72.1 cm³/mol. The zero-order chi connectivity index (χ0) is 12.1. The van der Waals surface area contributed by atoms with E-state index in [0.717, 1.165) is 5.69 Å². The van der Waals surface area contributed by atoms with E-state index < -0.39 is 0 Å². The van der Waals surface area contributed by atoms with Gasteiger partial charge in [0.25, 0.3) is 0 Å². The van der Waals surface area contributed by atoms with Gasteiger partial charge in [-0.25, -0.2) is 0 Å². The molecule has 2 aromatic rings. The Balaban J connectivity index is 0.00000162. The van der Waals surface area contributed by atoms with Crippen LogP contribution in [-0.4, -0.2) is 14.1 Å². The van der Waals surface area contributed by atoms with E-state index in [-0.39, 0.29) is 12.4 Å². The van der Waals surface area contributed by atoms with Crippen molar-refractivity contribution in [2.45, 2.75) is 0 Å². The molecule has 0 aliphatic rings. The Bertz CT molecular complexity index is 507. The number of pyridine rings is 1. The van der Waals surface area contributed by atoms with E-state index >= 15 is 0 Å². The average molecular weight is 261 g/mol. The Hall–Kier alpha value is -1.80. The van der Waals surface area contributed by atoms with Crippen molar-refractivity contribution in [3.05, 3.63) is 66.0 Å². The van der Waals surface area contributed by atoms with Crippen molar-refractivity contribution in [3.63, 3.8) is 0 Å². The summed E-state index contributed by atoms with van der Waals surface area (Å²) in [5.74, 6) is 0. The molecule has 0 atom stereocenters. The highest BCUT2D eigenvalue weighted by Crippen LogP contribution is 2.04. The number of hydrogen-bond acceptors (Lipinski definition) is 1. The molecule has 0 unspecified atom stereocenters. The van der Waals surface area contributed by atoms with Crippen LogP contribution in [0.4, 0.5) is 0 Å². The molecule has 0 saturated heterocycles. The molecule has 1 aromatic heterocycles. The Morgan fingerprint density at radius 3 is 2.22 bits per heavy atom. The first-order chi connectivity index (χ1) is 8.27. The fraction of sp³-hybridized carbons (Fsp3) is 0.133. The standard InChI is InChI=1S/C15H17N2.ClH/c1-16(2)17-13-7-6-10-15(17)12-11-14-8-4-3-5-9-14;/h3-13H,1-2H3;1H/q+1;/p-1/b12-11+;. The van der Waals surface area contributed by atoms with Gasteiger partial charge in [-0.15, -0.1) is 0 Å². The molecule has 2 nitrogen and oxygen atoms in total. The second-order valence-corrected chi connectivity index (χ2v) is 4.06. The molecule has 94 valence electrons. The number of nitrogens with zero attached hydrogens (tertiary/aromatic N) is 2. The molecule has 0 spiro atoms. The summed E-state index contributed by atoms with van der Waals surface area (Å²) in [5.41, 5.74) is 2.36. The SMILES string of the molecule is CN(C)[n+]1ccccc1/C=C/c1ccccc1.[Cl-]. The summed E-state index contributed by atoms with van der Waals surface area (Å²) in [6.07, 6.45) is 6.29. The highest BCUT2D eigenvalue weighted by molar-refractivity contribution is 5.66. The highest BCUT2D eigenvalue weighted by atomic mass is 35.5. The maximum Gasteiger partial charge on any atom is 0.235 e. The fourth-order valence-electron chi connectivity index (χ4n) is 1.69. The minimum Gasteiger partial charge on any atom is -1.00 e. The van der Waals surface area contributed by atoms with Crippen molar-refractivity contribution in [2.24, 2.45) is 0 Å². The van der Waals surface area contributed by atoms with Crippen LogP contribution in [0.15, 0.2) is 54.7 Å². The van der Waals surface area contributed by atoms with Crippen LogP contribution in [0.3, 0.4) is 0 Å². The van der Waals surface area contributed by atoms with Crippen molar-refractivity contribution < 1.29 is 17.1 Å². The van der Waals surface area contributed by atoms with Gasteiger partial charge in [-0.1, -0.05) is 35.0 Å². The van der Waals surface area contributed by atoms with Crippen molar-refractivity contribution in [1.29, 1.82) is 0 Å². The molecule has 0 fully saturated rings. The van der Waals surface area contributed by atoms with Gasteiger partial charge in [0.1, 0.15) is 0 Å². The third kappa shape index (κ3) is 3.60. The zero-order valence-electron chi connectivity index (χ0n) is 10.6. The Labute approximate surface area is 115 Å². The van der Waals surface area contributed by atoms with E-state index in [1.54, 1.807) is 0 Å². The molecule has 3 heteroatoms. The summed E-state index contributed by atoms with van der Waals surface area (Å²) in [6.45, 7) is 0. The van der Waals surface area contributed by atoms with Crippen LogP contribution in [0.1, 0.15) is 11.3 Å². The van der Waals surface area contributed by atoms with Crippen molar-refractivity contribution in [2.75, 3.05) is 19.1 Å². The summed E-state index contributed by atoms with van der Waals surface area (Å²) in [4.78, 5) is 0. The summed E-state index contributed by atoms with van der Waals surface area (Å²) in [7, 11) is 4.06. The molecule has 0 bridgehead atoms. The van der Waals surface area contributed by atoms with Crippen LogP contribution >= 0.6 is 0 Å². The number of aromatic nitrogens is 1. The van der Waals surface area contributed by atoms with E-state index in [1.165, 1.54) is 5.56 Å². The van der Waals surface area contributed by atoms with E-state index in [2.05, 4.69) is 35.0 Å². The van der Waals surface area contributed by atoms with Gasteiger partial charge < -0.3 is 12.4 Å². The van der Waals surface area contributed by atoms with Gasteiger partial charge in [0.15, 0.2) is 6.20 Å². The molecule has 0 N–H and O–H groups in total. The molecular weight excluding hydrogens is 244 g/mol. The van der Waals surface area contributed by atoms with Gasteiger partial charge in [0.05, 0.1) is 14.1 Å². The number of rotatable bonds is 3.